The van der Waals surface area contributed by atoms with E-state index < -0.39 is 0 Å². The van der Waals surface area contributed by atoms with Crippen molar-refractivity contribution in [2.75, 3.05) is 6.54 Å². The molecule has 0 radical (unpaired) electrons. The molecule has 0 aliphatic carbocycles. The van der Waals surface area contributed by atoms with Crippen LogP contribution in [0.15, 0.2) is 6.58 Å². The molecule has 2 nitrogen and oxygen atoms in total. The maximum absolute atomic E-state index is 8.57. The first-order valence-corrected chi connectivity index (χ1v) is 4.60. The van der Waals surface area contributed by atoms with Crippen LogP contribution in [0.4, 0.5) is 0 Å². The molecule has 72 valence electrons. The van der Waals surface area contributed by atoms with Crippen molar-refractivity contribution in [1.82, 2.24) is 0 Å². The first kappa shape index (κ1) is 14.0. The Kier molecular flexibility index (Phi) is 15.2. The average molecular weight is 171 g/mol. The van der Waals surface area contributed by atoms with Crippen molar-refractivity contribution in [1.29, 1.82) is 0 Å². The van der Waals surface area contributed by atoms with Crippen molar-refractivity contribution in [2.45, 2.75) is 39.5 Å². The Morgan fingerprint density at radius 1 is 1.50 bits per heavy atom. The molecule has 0 bridgehead atoms. The zero-order valence-electron chi connectivity index (χ0n) is 8.31. The van der Waals surface area contributed by atoms with E-state index in [-0.39, 0.29) is 0 Å². The van der Waals surface area contributed by atoms with Gasteiger partial charge in [-0.2, -0.15) is 0 Å². The summed E-state index contributed by atoms with van der Waals surface area (Å²) in [5.41, 5.74) is 5.52. The van der Waals surface area contributed by atoms with E-state index in [4.69, 9.17) is 10.5 Å². The molecule has 0 heterocycles. The van der Waals surface area contributed by atoms with Crippen molar-refractivity contribution in [3.05, 3.63) is 6.58 Å². The van der Waals surface area contributed by atoms with Gasteiger partial charge in [0.05, 0.1) is 0 Å². The Balaban J connectivity index is 0. The minimum atomic E-state index is 0.782. The SMILES string of the molecule is C=C=O.CCCCC(CC)CN. The van der Waals surface area contributed by atoms with E-state index in [1.807, 2.05) is 0 Å². The highest BCUT2D eigenvalue weighted by Gasteiger charge is 2.00. The maximum Gasteiger partial charge on any atom is 0.116 e. The molecule has 2 heteroatoms. The van der Waals surface area contributed by atoms with Gasteiger partial charge < -0.3 is 5.73 Å². The lowest BCUT2D eigenvalue weighted by Crippen LogP contribution is -2.12. The molecule has 0 saturated heterocycles. The van der Waals surface area contributed by atoms with Crippen LogP contribution in [-0.4, -0.2) is 12.5 Å². The lowest BCUT2D eigenvalue weighted by Gasteiger charge is -2.09. The van der Waals surface area contributed by atoms with Crippen LogP contribution >= 0.6 is 0 Å². The summed E-state index contributed by atoms with van der Waals surface area (Å²) in [7, 11) is 0. The average Bonchev–Trinajstić information content (AvgIpc) is 2.08. The predicted molar refractivity (Wildman–Crippen MR) is 53.7 cm³/mol. The Morgan fingerprint density at radius 2 is 2.00 bits per heavy atom. The smallest absolute Gasteiger partial charge is 0.116 e. The number of carbonyl (C=O) groups excluding carboxylic acids is 1. The summed E-state index contributed by atoms with van der Waals surface area (Å²) in [5, 5.41) is 0. The van der Waals surface area contributed by atoms with Gasteiger partial charge in [-0.15, -0.1) is 0 Å². The topological polar surface area (TPSA) is 43.1 Å². The molecule has 0 aliphatic rings. The molecular formula is C10H21NO. The molecule has 0 aromatic carbocycles. The summed E-state index contributed by atoms with van der Waals surface area (Å²) >= 11 is 0. The molecule has 0 aromatic rings. The van der Waals surface area contributed by atoms with E-state index in [0.29, 0.717) is 0 Å². The summed E-state index contributed by atoms with van der Waals surface area (Å²) in [6, 6.07) is 0. The first-order valence-electron chi connectivity index (χ1n) is 4.60. The summed E-state index contributed by atoms with van der Waals surface area (Å²) in [6.07, 6.45) is 5.21. The van der Waals surface area contributed by atoms with Gasteiger partial charge in [-0.25, -0.2) is 4.79 Å². The van der Waals surface area contributed by atoms with Crippen LogP contribution in [0.5, 0.6) is 0 Å². The monoisotopic (exact) mass is 171 g/mol. The Morgan fingerprint density at radius 3 is 2.25 bits per heavy atom. The van der Waals surface area contributed by atoms with E-state index in [1.54, 1.807) is 0 Å². The highest BCUT2D eigenvalue weighted by molar-refractivity contribution is 5.38. The standard InChI is InChI=1S/C8H19N.C2H2O/c1-3-5-6-8(4-2)7-9;1-2-3/h8H,3-7,9H2,1-2H3;1H2. The maximum atomic E-state index is 8.57. The number of nitrogens with two attached hydrogens (primary N) is 1. The summed E-state index contributed by atoms with van der Waals surface area (Å²) < 4.78 is 0. The third-order valence-electron chi connectivity index (χ3n) is 1.88. The quantitative estimate of drug-likeness (QED) is 0.644. The molecule has 1 unspecified atom stereocenters. The van der Waals surface area contributed by atoms with Gasteiger partial charge in [0.15, 0.2) is 0 Å². The highest BCUT2D eigenvalue weighted by Crippen LogP contribution is 2.09. The number of hydrogen-bond acceptors (Lipinski definition) is 2. The van der Waals surface area contributed by atoms with E-state index in [1.165, 1.54) is 31.6 Å². The molecule has 0 aliphatic heterocycles. The van der Waals surface area contributed by atoms with Gasteiger partial charge in [-0.05, 0) is 25.5 Å². The van der Waals surface area contributed by atoms with Gasteiger partial charge in [-0.3, -0.25) is 0 Å². The molecule has 12 heavy (non-hydrogen) atoms. The highest BCUT2D eigenvalue weighted by atomic mass is 16.1. The molecule has 1 atom stereocenters. The van der Waals surface area contributed by atoms with Crippen molar-refractivity contribution in [3.63, 3.8) is 0 Å². The number of unbranched alkanes of at least 4 members (excludes halogenated alkanes) is 1. The van der Waals surface area contributed by atoms with Crippen molar-refractivity contribution >= 4 is 5.94 Å². The molecular weight excluding hydrogens is 150 g/mol. The number of hydrogen-bond donors (Lipinski definition) is 1. The predicted octanol–water partition coefficient (Wildman–Crippen LogP) is 2.17. The first-order chi connectivity index (χ1) is 5.76. The third-order valence-corrected chi connectivity index (χ3v) is 1.88. The molecule has 0 aromatic heterocycles. The molecule has 2 N–H and O–H groups in total. The Hall–Kier alpha value is -0.590. The molecule has 0 amide bonds. The van der Waals surface area contributed by atoms with Crippen LogP contribution in [0.3, 0.4) is 0 Å². The third kappa shape index (κ3) is 12.1. The van der Waals surface area contributed by atoms with E-state index in [9.17, 15) is 0 Å². The summed E-state index contributed by atoms with van der Waals surface area (Å²) in [4.78, 5) is 8.57. The molecule has 0 spiro atoms. The summed E-state index contributed by atoms with van der Waals surface area (Å²) in [5.74, 6) is 2.03. The van der Waals surface area contributed by atoms with Crippen molar-refractivity contribution in [2.24, 2.45) is 11.7 Å². The second-order valence-corrected chi connectivity index (χ2v) is 2.80. The van der Waals surface area contributed by atoms with Crippen LogP contribution < -0.4 is 5.73 Å². The Bertz CT molecular complexity index is 102. The van der Waals surface area contributed by atoms with Gasteiger partial charge in [0, 0.05) is 0 Å². The molecule has 0 saturated carbocycles. The van der Waals surface area contributed by atoms with Crippen LogP contribution in [0.2, 0.25) is 0 Å². The number of rotatable bonds is 5. The van der Waals surface area contributed by atoms with Crippen molar-refractivity contribution < 1.29 is 4.79 Å². The molecule has 0 fully saturated rings. The fourth-order valence-corrected chi connectivity index (χ4v) is 0.981. The van der Waals surface area contributed by atoms with Crippen LogP contribution in [-0.2, 0) is 4.79 Å². The van der Waals surface area contributed by atoms with Crippen LogP contribution in [0.1, 0.15) is 39.5 Å². The second kappa shape index (κ2) is 13.0. The minimum Gasteiger partial charge on any atom is -0.330 e. The Labute approximate surface area is 75.8 Å². The van der Waals surface area contributed by atoms with E-state index >= 15 is 0 Å². The van der Waals surface area contributed by atoms with Gasteiger partial charge in [0.1, 0.15) is 5.94 Å². The lowest BCUT2D eigenvalue weighted by atomic mass is 10.00. The zero-order valence-corrected chi connectivity index (χ0v) is 8.31. The minimum absolute atomic E-state index is 0.782. The van der Waals surface area contributed by atoms with E-state index in [2.05, 4.69) is 20.4 Å². The van der Waals surface area contributed by atoms with Crippen LogP contribution in [0.25, 0.3) is 0 Å². The van der Waals surface area contributed by atoms with Gasteiger partial charge in [0.25, 0.3) is 0 Å². The summed E-state index contributed by atoms with van der Waals surface area (Å²) in [6.45, 7) is 7.99. The largest absolute Gasteiger partial charge is 0.330 e. The fourth-order valence-electron chi connectivity index (χ4n) is 0.981. The molecule has 0 rings (SSSR count). The second-order valence-electron chi connectivity index (χ2n) is 2.80. The fraction of sp³-hybridized carbons (Fsp3) is 0.800. The van der Waals surface area contributed by atoms with Gasteiger partial charge >= 0.3 is 0 Å². The van der Waals surface area contributed by atoms with Gasteiger partial charge in [0.2, 0.25) is 0 Å². The zero-order chi connectivity index (χ0) is 9.82. The van der Waals surface area contributed by atoms with E-state index in [0.717, 1.165) is 12.5 Å². The lowest BCUT2D eigenvalue weighted by molar-refractivity contribution is 0.461. The van der Waals surface area contributed by atoms with Crippen LogP contribution in [0, 0.1) is 5.92 Å². The van der Waals surface area contributed by atoms with Gasteiger partial charge in [-0.1, -0.05) is 33.1 Å². The van der Waals surface area contributed by atoms with Crippen molar-refractivity contribution in [3.8, 4) is 0 Å². The normalized spacial score (nSPS) is 10.9.